The summed E-state index contributed by atoms with van der Waals surface area (Å²) in [5.41, 5.74) is 1.21. The largest absolute Gasteiger partial charge is 0.497 e. The van der Waals surface area contributed by atoms with Gasteiger partial charge >= 0.3 is 0 Å². The van der Waals surface area contributed by atoms with Gasteiger partial charge in [0, 0.05) is 18.2 Å². The van der Waals surface area contributed by atoms with Crippen LogP contribution in [0.2, 0.25) is 0 Å². The number of nitrogens with zero attached hydrogens (tertiary/aromatic N) is 1. The van der Waals surface area contributed by atoms with Gasteiger partial charge in [-0.15, -0.1) is 0 Å². The molecule has 1 amide bonds. The van der Waals surface area contributed by atoms with Crippen LogP contribution in [0.5, 0.6) is 11.5 Å². The Kier molecular flexibility index (Phi) is 6.06. The highest BCUT2D eigenvalue weighted by atomic mass is 16.5. The summed E-state index contributed by atoms with van der Waals surface area (Å²) in [5, 5.41) is 2.73. The van der Waals surface area contributed by atoms with Crippen LogP contribution in [0.1, 0.15) is 28.8 Å². The van der Waals surface area contributed by atoms with Gasteiger partial charge in [-0.1, -0.05) is 12.1 Å². The number of carbonyl (C=O) groups excluding carboxylic acids is 1. The van der Waals surface area contributed by atoms with Crippen LogP contribution in [0.3, 0.4) is 0 Å². The van der Waals surface area contributed by atoms with Gasteiger partial charge in [-0.05, 0) is 48.9 Å². The van der Waals surface area contributed by atoms with Crippen LogP contribution >= 0.6 is 0 Å². The second-order valence-corrected chi connectivity index (χ2v) is 6.01. The van der Waals surface area contributed by atoms with E-state index in [2.05, 4.69) is 15.3 Å². The number of aromatic nitrogens is 2. The maximum atomic E-state index is 12.5. The van der Waals surface area contributed by atoms with Crippen molar-refractivity contribution < 1.29 is 14.3 Å². The number of benzene rings is 2. The molecule has 1 aromatic heterocycles. The van der Waals surface area contributed by atoms with E-state index in [9.17, 15) is 9.59 Å². The molecule has 0 unspecified atom stereocenters. The highest BCUT2D eigenvalue weighted by Gasteiger charge is 2.11. The van der Waals surface area contributed by atoms with E-state index in [1.807, 2.05) is 31.2 Å². The van der Waals surface area contributed by atoms with Gasteiger partial charge in [0.05, 0.1) is 13.7 Å². The zero-order chi connectivity index (χ0) is 19.9. The third-order valence-corrected chi connectivity index (χ3v) is 3.98. The molecule has 144 valence electrons. The summed E-state index contributed by atoms with van der Waals surface area (Å²) >= 11 is 0. The van der Waals surface area contributed by atoms with Crippen LogP contribution in [-0.4, -0.2) is 29.6 Å². The Bertz CT molecular complexity index is 995. The Morgan fingerprint density at radius 1 is 1.07 bits per heavy atom. The van der Waals surface area contributed by atoms with Crippen LogP contribution in [0.15, 0.2) is 59.4 Å². The van der Waals surface area contributed by atoms with E-state index in [0.29, 0.717) is 24.5 Å². The smallest absolute Gasteiger partial charge is 0.274 e. The summed E-state index contributed by atoms with van der Waals surface area (Å²) in [4.78, 5) is 31.4. The number of anilines is 1. The van der Waals surface area contributed by atoms with Crippen LogP contribution in [0, 0.1) is 0 Å². The number of methoxy groups -OCH3 is 1. The lowest BCUT2D eigenvalue weighted by molar-refractivity contribution is 0.102. The molecule has 2 aromatic carbocycles. The number of rotatable bonds is 7. The number of carbonyl (C=O) groups is 1. The molecule has 0 atom stereocenters. The molecule has 0 aliphatic carbocycles. The zero-order valence-electron chi connectivity index (χ0n) is 15.7. The summed E-state index contributed by atoms with van der Waals surface area (Å²) in [6, 6.07) is 15.6. The molecule has 3 rings (SSSR count). The summed E-state index contributed by atoms with van der Waals surface area (Å²) in [6.07, 6.45) is 0.392. The van der Waals surface area contributed by atoms with Crippen LogP contribution in [0.4, 0.5) is 5.69 Å². The first-order chi connectivity index (χ1) is 13.6. The highest BCUT2D eigenvalue weighted by Crippen LogP contribution is 2.16. The fourth-order valence-corrected chi connectivity index (χ4v) is 2.64. The maximum absolute atomic E-state index is 12.5. The Hall–Kier alpha value is -3.61. The number of ether oxygens (including phenoxy) is 2. The first-order valence-corrected chi connectivity index (χ1v) is 8.84. The van der Waals surface area contributed by atoms with Crippen molar-refractivity contribution >= 4 is 11.6 Å². The number of hydrogen-bond donors (Lipinski definition) is 2. The summed E-state index contributed by atoms with van der Waals surface area (Å²) in [6.45, 7) is 2.47. The average molecular weight is 379 g/mol. The van der Waals surface area contributed by atoms with E-state index in [1.54, 1.807) is 31.4 Å². The standard InChI is InChI=1S/C21H21N3O4/c1-3-28-17-10-6-15(7-11-17)22-21(26)18-13-20(25)24-19(23-18)12-14-4-8-16(27-2)9-5-14/h4-11,13H,3,12H2,1-2H3,(H,22,26)(H,23,24,25). The predicted octanol–water partition coefficient (Wildman–Crippen LogP) is 3.02. The van der Waals surface area contributed by atoms with Crippen molar-refractivity contribution in [3.8, 4) is 11.5 Å². The topological polar surface area (TPSA) is 93.3 Å². The van der Waals surface area contributed by atoms with Crippen molar-refractivity contribution in [1.82, 2.24) is 9.97 Å². The highest BCUT2D eigenvalue weighted by molar-refractivity contribution is 6.02. The molecule has 28 heavy (non-hydrogen) atoms. The van der Waals surface area contributed by atoms with Gasteiger partial charge in [-0.25, -0.2) is 4.98 Å². The number of aromatic amines is 1. The number of H-pyrrole nitrogens is 1. The predicted molar refractivity (Wildman–Crippen MR) is 106 cm³/mol. The quantitative estimate of drug-likeness (QED) is 0.658. The van der Waals surface area contributed by atoms with Crippen molar-refractivity contribution in [3.63, 3.8) is 0 Å². The fourth-order valence-electron chi connectivity index (χ4n) is 2.64. The summed E-state index contributed by atoms with van der Waals surface area (Å²) in [7, 11) is 1.60. The van der Waals surface area contributed by atoms with Crippen molar-refractivity contribution in [2.45, 2.75) is 13.3 Å². The lowest BCUT2D eigenvalue weighted by atomic mass is 10.1. The van der Waals surface area contributed by atoms with E-state index in [-0.39, 0.29) is 11.3 Å². The van der Waals surface area contributed by atoms with Crippen molar-refractivity contribution in [2.75, 3.05) is 19.0 Å². The maximum Gasteiger partial charge on any atom is 0.274 e. The second kappa shape index (κ2) is 8.85. The van der Waals surface area contributed by atoms with Gasteiger partial charge in [-0.3, -0.25) is 9.59 Å². The molecule has 0 radical (unpaired) electrons. The van der Waals surface area contributed by atoms with Crippen LogP contribution in [-0.2, 0) is 6.42 Å². The van der Waals surface area contributed by atoms with Crippen molar-refractivity contribution in [1.29, 1.82) is 0 Å². The Balaban J connectivity index is 1.74. The molecular weight excluding hydrogens is 358 g/mol. The first-order valence-electron chi connectivity index (χ1n) is 8.84. The lowest BCUT2D eigenvalue weighted by Crippen LogP contribution is -2.20. The van der Waals surface area contributed by atoms with Gasteiger partial charge in [0.1, 0.15) is 23.0 Å². The number of amides is 1. The molecule has 0 fully saturated rings. The summed E-state index contributed by atoms with van der Waals surface area (Å²) in [5.74, 6) is 1.42. The minimum Gasteiger partial charge on any atom is -0.497 e. The molecule has 0 saturated carbocycles. The van der Waals surface area contributed by atoms with Gasteiger partial charge in [0.2, 0.25) is 0 Å². The van der Waals surface area contributed by atoms with E-state index in [0.717, 1.165) is 17.1 Å². The van der Waals surface area contributed by atoms with Crippen molar-refractivity contribution in [2.24, 2.45) is 0 Å². The van der Waals surface area contributed by atoms with Gasteiger partial charge in [-0.2, -0.15) is 0 Å². The van der Waals surface area contributed by atoms with E-state index in [1.165, 1.54) is 6.07 Å². The molecule has 0 aliphatic rings. The van der Waals surface area contributed by atoms with E-state index < -0.39 is 5.91 Å². The fraction of sp³-hybridized carbons (Fsp3) is 0.190. The van der Waals surface area contributed by atoms with E-state index in [4.69, 9.17) is 9.47 Å². The lowest BCUT2D eigenvalue weighted by Gasteiger charge is -2.08. The van der Waals surface area contributed by atoms with Crippen LogP contribution in [0.25, 0.3) is 0 Å². The van der Waals surface area contributed by atoms with Crippen molar-refractivity contribution in [3.05, 3.63) is 82.0 Å². The molecule has 0 saturated heterocycles. The summed E-state index contributed by atoms with van der Waals surface area (Å²) < 4.78 is 10.5. The molecule has 2 N–H and O–H groups in total. The molecule has 0 spiro atoms. The van der Waals surface area contributed by atoms with Gasteiger partial charge in [0.25, 0.3) is 11.5 Å². The zero-order valence-corrected chi connectivity index (χ0v) is 15.7. The first kappa shape index (κ1) is 19.2. The van der Waals surface area contributed by atoms with Gasteiger partial charge in [0.15, 0.2) is 0 Å². The Morgan fingerprint density at radius 3 is 2.39 bits per heavy atom. The minimum atomic E-state index is -0.453. The molecule has 0 aliphatic heterocycles. The van der Waals surface area contributed by atoms with Gasteiger partial charge < -0.3 is 19.8 Å². The average Bonchev–Trinajstić information content (AvgIpc) is 2.70. The molecule has 3 aromatic rings. The Morgan fingerprint density at radius 2 is 1.75 bits per heavy atom. The third kappa shape index (κ3) is 4.97. The molecular formula is C21H21N3O4. The van der Waals surface area contributed by atoms with Crippen LogP contribution < -0.4 is 20.3 Å². The monoisotopic (exact) mass is 379 g/mol. The molecule has 7 nitrogen and oxygen atoms in total. The molecule has 7 heteroatoms. The third-order valence-electron chi connectivity index (χ3n) is 3.98. The normalized spacial score (nSPS) is 10.4. The SMILES string of the molecule is CCOc1ccc(NC(=O)c2cc(=O)[nH]c(Cc3ccc(OC)cc3)n2)cc1. The van der Waals surface area contributed by atoms with E-state index >= 15 is 0 Å². The molecule has 1 heterocycles. The number of hydrogen-bond acceptors (Lipinski definition) is 5. The number of nitrogens with one attached hydrogen (secondary N) is 2. The minimum absolute atomic E-state index is 0.0566. The second-order valence-electron chi connectivity index (χ2n) is 6.01. The molecule has 0 bridgehead atoms. The Labute approximate surface area is 162 Å².